The van der Waals surface area contributed by atoms with Crippen LogP contribution in [0.2, 0.25) is 0 Å². The molecular formula is C15H25ClN2O3S. The van der Waals surface area contributed by atoms with Crippen molar-refractivity contribution in [2.24, 2.45) is 0 Å². The van der Waals surface area contributed by atoms with Crippen LogP contribution >= 0.6 is 12.4 Å². The smallest absolute Gasteiger partial charge is 0.243 e. The van der Waals surface area contributed by atoms with E-state index in [0.717, 1.165) is 16.7 Å². The number of β-amino-alcohol motifs (C(OH)–C–C–N with tert-alkyl or cyclic N) is 1. The zero-order valence-corrected chi connectivity index (χ0v) is 15.0. The topological polar surface area (TPSA) is 60.9 Å². The molecule has 1 aliphatic heterocycles. The van der Waals surface area contributed by atoms with Crippen LogP contribution in [0.5, 0.6) is 0 Å². The van der Waals surface area contributed by atoms with Crippen molar-refractivity contribution in [1.82, 2.24) is 9.21 Å². The summed E-state index contributed by atoms with van der Waals surface area (Å²) < 4.78 is 27.3. The van der Waals surface area contributed by atoms with Crippen molar-refractivity contribution in [3.05, 3.63) is 28.8 Å². The van der Waals surface area contributed by atoms with Gasteiger partial charge in [0.25, 0.3) is 0 Å². The number of halogens is 1. The Hall–Kier alpha value is -0.660. The Morgan fingerprint density at radius 3 is 2.00 bits per heavy atom. The number of nitrogens with zero attached hydrogens (tertiary/aromatic N) is 2. The van der Waals surface area contributed by atoms with Gasteiger partial charge in [-0.1, -0.05) is 17.7 Å². The van der Waals surface area contributed by atoms with Gasteiger partial charge in [0.15, 0.2) is 0 Å². The second-order valence-corrected chi connectivity index (χ2v) is 7.57. The molecule has 0 radical (unpaired) electrons. The number of hydrogen-bond acceptors (Lipinski definition) is 4. The Morgan fingerprint density at radius 2 is 1.55 bits per heavy atom. The Morgan fingerprint density at radius 1 is 1.05 bits per heavy atom. The fraction of sp³-hybridized carbons (Fsp3) is 0.600. The third-order valence-corrected chi connectivity index (χ3v) is 6.15. The third-order valence-electron chi connectivity index (χ3n) is 3.95. The minimum atomic E-state index is -3.43. The summed E-state index contributed by atoms with van der Waals surface area (Å²) in [6.45, 7) is 8.71. The quantitative estimate of drug-likeness (QED) is 0.891. The number of sulfonamides is 1. The van der Waals surface area contributed by atoms with Gasteiger partial charge in [0.05, 0.1) is 11.5 Å². The number of piperazine rings is 1. The maximum absolute atomic E-state index is 12.9. The second-order valence-electron chi connectivity index (χ2n) is 5.70. The second kappa shape index (κ2) is 7.75. The molecule has 0 saturated carbocycles. The van der Waals surface area contributed by atoms with Crippen LogP contribution in [0.3, 0.4) is 0 Å². The van der Waals surface area contributed by atoms with E-state index in [2.05, 4.69) is 4.90 Å². The summed E-state index contributed by atoms with van der Waals surface area (Å²) in [5.74, 6) is 0. The van der Waals surface area contributed by atoms with Gasteiger partial charge in [-0.2, -0.15) is 4.31 Å². The summed E-state index contributed by atoms with van der Waals surface area (Å²) in [5, 5.41) is 8.95. The number of rotatable bonds is 4. The summed E-state index contributed by atoms with van der Waals surface area (Å²) in [6, 6.07) is 3.84. The van der Waals surface area contributed by atoms with Gasteiger partial charge in [-0.05, 0) is 31.9 Å². The number of benzene rings is 1. The summed E-state index contributed by atoms with van der Waals surface area (Å²) in [7, 11) is -3.43. The monoisotopic (exact) mass is 348 g/mol. The minimum Gasteiger partial charge on any atom is -0.395 e. The molecule has 1 aromatic rings. The van der Waals surface area contributed by atoms with Gasteiger partial charge in [-0.15, -0.1) is 12.4 Å². The molecule has 1 aromatic carbocycles. The van der Waals surface area contributed by atoms with E-state index < -0.39 is 10.0 Å². The van der Waals surface area contributed by atoms with Crippen molar-refractivity contribution >= 4 is 22.4 Å². The zero-order valence-electron chi connectivity index (χ0n) is 13.4. The van der Waals surface area contributed by atoms with Crippen molar-refractivity contribution in [2.45, 2.75) is 25.7 Å². The first-order valence-electron chi connectivity index (χ1n) is 7.27. The summed E-state index contributed by atoms with van der Waals surface area (Å²) >= 11 is 0. The average Bonchev–Trinajstić information content (AvgIpc) is 2.38. The van der Waals surface area contributed by atoms with Crippen LogP contribution in [-0.4, -0.2) is 62.1 Å². The fourth-order valence-corrected chi connectivity index (χ4v) is 4.87. The molecule has 5 nitrogen and oxygen atoms in total. The lowest BCUT2D eigenvalue weighted by atomic mass is 10.1. The largest absolute Gasteiger partial charge is 0.395 e. The molecule has 0 aromatic heterocycles. The van der Waals surface area contributed by atoms with E-state index in [9.17, 15) is 8.42 Å². The highest BCUT2D eigenvalue weighted by Crippen LogP contribution is 2.25. The lowest BCUT2D eigenvalue weighted by Crippen LogP contribution is -2.49. The SMILES string of the molecule is Cc1cc(C)c(S(=O)(=O)N2CCN(CCO)CC2)c(C)c1.Cl. The van der Waals surface area contributed by atoms with Crippen molar-refractivity contribution < 1.29 is 13.5 Å². The van der Waals surface area contributed by atoms with Gasteiger partial charge in [-0.25, -0.2) is 8.42 Å². The van der Waals surface area contributed by atoms with Crippen molar-refractivity contribution in [3.63, 3.8) is 0 Å². The van der Waals surface area contributed by atoms with E-state index >= 15 is 0 Å². The van der Waals surface area contributed by atoms with Crippen LogP contribution in [0.4, 0.5) is 0 Å². The normalized spacial score (nSPS) is 17.3. The molecule has 2 rings (SSSR count). The van der Waals surface area contributed by atoms with E-state index in [1.54, 1.807) is 4.31 Å². The lowest BCUT2D eigenvalue weighted by Gasteiger charge is -2.34. The van der Waals surface area contributed by atoms with Crippen molar-refractivity contribution in [2.75, 3.05) is 39.3 Å². The molecule has 0 unspecified atom stereocenters. The van der Waals surface area contributed by atoms with Gasteiger partial charge in [0.2, 0.25) is 10.0 Å². The molecule has 0 spiro atoms. The molecule has 1 heterocycles. The summed E-state index contributed by atoms with van der Waals surface area (Å²) in [5.41, 5.74) is 2.70. The van der Waals surface area contributed by atoms with Gasteiger partial charge in [0, 0.05) is 32.7 Å². The molecule has 0 amide bonds. The number of hydrogen-bond donors (Lipinski definition) is 1. The first kappa shape index (κ1) is 19.4. The maximum Gasteiger partial charge on any atom is 0.243 e. The van der Waals surface area contributed by atoms with Gasteiger partial charge in [0.1, 0.15) is 0 Å². The third kappa shape index (κ3) is 4.00. The summed E-state index contributed by atoms with van der Waals surface area (Å²) in [6.07, 6.45) is 0. The molecule has 1 N–H and O–H groups in total. The van der Waals surface area contributed by atoms with Crippen LogP contribution in [0.15, 0.2) is 17.0 Å². The van der Waals surface area contributed by atoms with E-state index in [-0.39, 0.29) is 19.0 Å². The molecule has 0 bridgehead atoms. The molecule has 22 heavy (non-hydrogen) atoms. The maximum atomic E-state index is 12.9. The number of aliphatic hydroxyl groups is 1. The van der Waals surface area contributed by atoms with Gasteiger partial charge >= 0.3 is 0 Å². The first-order valence-corrected chi connectivity index (χ1v) is 8.71. The van der Waals surface area contributed by atoms with Crippen LogP contribution < -0.4 is 0 Å². The highest BCUT2D eigenvalue weighted by Gasteiger charge is 2.30. The Balaban J connectivity index is 0.00000242. The minimum absolute atomic E-state index is 0. The molecule has 0 atom stereocenters. The zero-order chi connectivity index (χ0) is 15.6. The lowest BCUT2D eigenvalue weighted by molar-refractivity contribution is 0.151. The predicted molar refractivity (Wildman–Crippen MR) is 90.2 cm³/mol. The van der Waals surface area contributed by atoms with E-state index in [1.807, 2.05) is 32.9 Å². The highest BCUT2D eigenvalue weighted by molar-refractivity contribution is 7.89. The van der Waals surface area contributed by atoms with Gasteiger partial charge < -0.3 is 5.11 Å². The summed E-state index contributed by atoms with van der Waals surface area (Å²) in [4.78, 5) is 2.53. The molecular weight excluding hydrogens is 324 g/mol. The van der Waals surface area contributed by atoms with E-state index in [0.29, 0.717) is 37.6 Å². The standard InChI is InChI=1S/C15H24N2O3S.ClH/c1-12-10-13(2)15(14(3)11-12)21(19,20)17-6-4-16(5-7-17)8-9-18;/h10-11,18H,4-9H2,1-3H3;1H. The molecule has 1 saturated heterocycles. The Kier molecular flexibility index (Phi) is 6.83. The van der Waals surface area contributed by atoms with Gasteiger partial charge in [-0.3, -0.25) is 4.90 Å². The van der Waals surface area contributed by atoms with Crippen LogP contribution in [0, 0.1) is 20.8 Å². The van der Waals surface area contributed by atoms with E-state index in [4.69, 9.17) is 5.11 Å². The molecule has 7 heteroatoms. The highest BCUT2D eigenvalue weighted by atomic mass is 35.5. The predicted octanol–water partition coefficient (Wildman–Crippen LogP) is 1.33. The van der Waals surface area contributed by atoms with Crippen LogP contribution in [-0.2, 0) is 10.0 Å². The van der Waals surface area contributed by atoms with E-state index in [1.165, 1.54) is 0 Å². The molecule has 0 aliphatic carbocycles. The Bertz CT molecular complexity index is 588. The molecule has 1 fully saturated rings. The van der Waals surface area contributed by atoms with Crippen LogP contribution in [0.25, 0.3) is 0 Å². The fourth-order valence-electron chi connectivity index (χ4n) is 3.04. The first-order chi connectivity index (χ1) is 9.86. The number of aliphatic hydroxyl groups excluding tert-OH is 1. The van der Waals surface area contributed by atoms with Crippen molar-refractivity contribution in [3.8, 4) is 0 Å². The molecule has 1 aliphatic rings. The number of aryl methyl sites for hydroxylation is 3. The Labute approximate surface area is 139 Å². The van der Waals surface area contributed by atoms with Crippen molar-refractivity contribution in [1.29, 1.82) is 0 Å². The van der Waals surface area contributed by atoms with Crippen LogP contribution in [0.1, 0.15) is 16.7 Å². The average molecular weight is 349 g/mol. The molecule has 126 valence electrons.